The van der Waals surface area contributed by atoms with Crippen LogP contribution in [0.5, 0.6) is 0 Å². The van der Waals surface area contributed by atoms with Crippen molar-refractivity contribution in [3.63, 3.8) is 0 Å². The maximum absolute atomic E-state index is 13.0. The van der Waals surface area contributed by atoms with Crippen molar-refractivity contribution >= 4 is 20.0 Å². The topological polar surface area (TPSA) is 110 Å². The van der Waals surface area contributed by atoms with Gasteiger partial charge in [-0.25, -0.2) is 21.6 Å². The first-order valence-electron chi connectivity index (χ1n) is 8.00. The fourth-order valence-electron chi connectivity index (χ4n) is 2.56. The van der Waals surface area contributed by atoms with Crippen molar-refractivity contribution in [3.8, 4) is 0 Å². The van der Waals surface area contributed by atoms with Gasteiger partial charge in [-0.3, -0.25) is 0 Å². The summed E-state index contributed by atoms with van der Waals surface area (Å²) in [6, 6.07) is 13.2. The number of nitrogens with one attached hydrogen (secondary N) is 1. The fraction of sp³-hybridized carbons (Fsp3) is 0.294. The molecule has 0 atom stereocenters. The highest BCUT2D eigenvalue weighted by Gasteiger charge is 2.26. The number of sulfonamides is 2. The first-order valence-corrected chi connectivity index (χ1v) is 10.9. The Labute approximate surface area is 154 Å². The molecular weight excluding hydrogens is 374 g/mol. The predicted molar refractivity (Wildman–Crippen MR) is 101 cm³/mol. The van der Waals surface area contributed by atoms with Crippen LogP contribution in [0.4, 0.5) is 0 Å². The van der Waals surface area contributed by atoms with E-state index in [1.165, 1.54) is 29.6 Å². The van der Waals surface area contributed by atoms with Crippen LogP contribution in [-0.2, 0) is 26.6 Å². The molecule has 2 aromatic carbocycles. The van der Waals surface area contributed by atoms with E-state index >= 15 is 0 Å². The van der Waals surface area contributed by atoms with Crippen molar-refractivity contribution in [2.24, 2.45) is 5.73 Å². The minimum absolute atomic E-state index is 0.0365. The Kier molecular flexibility index (Phi) is 6.53. The molecule has 0 aliphatic rings. The van der Waals surface area contributed by atoms with Crippen LogP contribution < -0.4 is 10.5 Å². The molecule has 0 saturated heterocycles. The van der Waals surface area contributed by atoms with Crippen molar-refractivity contribution in [2.45, 2.75) is 23.3 Å². The number of hydrogen-bond acceptors (Lipinski definition) is 5. The highest BCUT2D eigenvalue weighted by molar-refractivity contribution is 7.89. The molecule has 2 aromatic rings. The van der Waals surface area contributed by atoms with Gasteiger partial charge in [0.1, 0.15) is 0 Å². The first kappa shape index (κ1) is 20.5. The number of rotatable bonds is 8. The van der Waals surface area contributed by atoms with Crippen LogP contribution >= 0.6 is 0 Å². The molecule has 0 fully saturated rings. The van der Waals surface area contributed by atoms with Gasteiger partial charge in [-0.05, 0) is 43.3 Å². The summed E-state index contributed by atoms with van der Waals surface area (Å²) in [7, 11) is -6.16. The minimum atomic E-state index is -3.81. The zero-order chi connectivity index (χ0) is 19.4. The van der Waals surface area contributed by atoms with E-state index < -0.39 is 20.0 Å². The Bertz CT molecular complexity index is 959. The molecule has 7 nitrogen and oxygen atoms in total. The van der Waals surface area contributed by atoms with Crippen molar-refractivity contribution in [1.29, 1.82) is 0 Å². The van der Waals surface area contributed by atoms with Crippen LogP contribution in [0.15, 0.2) is 58.3 Å². The van der Waals surface area contributed by atoms with Crippen LogP contribution in [0, 0.1) is 6.92 Å². The number of nitrogens with zero attached hydrogens (tertiary/aromatic N) is 1. The van der Waals surface area contributed by atoms with E-state index in [0.717, 1.165) is 5.56 Å². The number of benzene rings is 2. The second kappa shape index (κ2) is 8.28. The van der Waals surface area contributed by atoms with Gasteiger partial charge in [0.25, 0.3) is 0 Å². The van der Waals surface area contributed by atoms with Gasteiger partial charge in [0.15, 0.2) is 0 Å². The summed E-state index contributed by atoms with van der Waals surface area (Å²) in [6.07, 6.45) is 0. The molecule has 0 radical (unpaired) electrons. The predicted octanol–water partition coefficient (Wildman–Crippen LogP) is 1.05. The molecular formula is C17H23N3O4S2. The Balaban J connectivity index is 2.41. The lowest BCUT2D eigenvalue weighted by atomic mass is 10.2. The maximum Gasteiger partial charge on any atom is 0.243 e. The molecule has 0 aliphatic heterocycles. The van der Waals surface area contributed by atoms with E-state index in [4.69, 9.17) is 5.73 Å². The van der Waals surface area contributed by atoms with Gasteiger partial charge < -0.3 is 5.73 Å². The molecule has 0 heterocycles. The van der Waals surface area contributed by atoms with Crippen LogP contribution in [0.25, 0.3) is 0 Å². The SMILES string of the molecule is CNS(=O)(=O)c1ccc(S(=O)(=O)N(CCN)Cc2ccccc2)cc1C. The summed E-state index contributed by atoms with van der Waals surface area (Å²) in [5, 5.41) is 0. The van der Waals surface area contributed by atoms with E-state index in [0.29, 0.717) is 5.56 Å². The Morgan fingerprint density at radius 1 is 1.04 bits per heavy atom. The third-order valence-electron chi connectivity index (χ3n) is 3.92. The lowest BCUT2D eigenvalue weighted by Crippen LogP contribution is -2.35. The van der Waals surface area contributed by atoms with E-state index in [1.807, 2.05) is 30.3 Å². The second-order valence-electron chi connectivity index (χ2n) is 5.75. The van der Waals surface area contributed by atoms with Gasteiger partial charge >= 0.3 is 0 Å². The van der Waals surface area contributed by atoms with Crippen molar-refractivity contribution in [2.75, 3.05) is 20.1 Å². The normalized spacial score (nSPS) is 12.5. The second-order valence-corrected chi connectivity index (χ2v) is 9.54. The average molecular weight is 398 g/mol. The summed E-state index contributed by atoms with van der Waals surface area (Å²) in [5.41, 5.74) is 6.79. The zero-order valence-corrected chi connectivity index (χ0v) is 16.3. The molecule has 0 saturated carbocycles. The Hall–Kier alpha value is -1.78. The highest BCUT2D eigenvalue weighted by atomic mass is 32.2. The molecule has 2 rings (SSSR count). The molecule has 142 valence electrons. The van der Waals surface area contributed by atoms with Gasteiger partial charge in [0.2, 0.25) is 20.0 Å². The smallest absolute Gasteiger partial charge is 0.243 e. The molecule has 0 spiro atoms. The van der Waals surface area contributed by atoms with Gasteiger partial charge in [-0.1, -0.05) is 30.3 Å². The monoisotopic (exact) mass is 397 g/mol. The quantitative estimate of drug-likeness (QED) is 0.692. The summed E-state index contributed by atoms with van der Waals surface area (Å²) < 4.78 is 53.5. The zero-order valence-electron chi connectivity index (χ0n) is 14.7. The minimum Gasteiger partial charge on any atom is -0.329 e. The molecule has 0 bridgehead atoms. The number of aryl methyl sites for hydroxylation is 1. The van der Waals surface area contributed by atoms with Gasteiger partial charge in [-0.2, -0.15) is 4.31 Å². The van der Waals surface area contributed by atoms with Crippen LogP contribution in [0.2, 0.25) is 0 Å². The van der Waals surface area contributed by atoms with Crippen LogP contribution in [-0.4, -0.2) is 41.3 Å². The molecule has 3 N–H and O–H groups in total. The Morgan fingerprint density at radius 2 is 1.69 bits per heavy atom. The fourth-order valence-corrected chi connectivity index (χ4v) is 5.04. The standard InChI is InChI=1S/C17H23N3O4S2/c1-14-12-16(8-9-17(14)25(21,22)19-2)26(23,24)20(11-10-18)13-15-6-4-3-5-7-15/h3-9,12,19H,10-11,13,18H2,1-2H3. The average Bonchev–Trinajstić information content (AvgIpc) is 2.62. The van der Waals surface area contributed by atoms with Gasteiger partial charge in [-0.15, -0.1) is 0 Å². The molecule has 9 heteroatoms. The van der Waals surface area contributed by atoms with E-state index in [2.05, 4.69) is 4.72 Å². The van der Waals surface area contributed by atoms with Crippen LogP contribution in [0.1, 0.15) is 11.1 Å². The molecule has 0 amide bonds. The highest BCUT2D eigenvalue weighted by Crippen LogP contribution is 2.23. The van der Waals surface area contributed by atoms with E-state index in [-0.39, 0.29) is 29.4 Å². The lowest BCUT2D eigenvalue weighted by Gasteiger charge is -2.22. The summed E-state index contributed by atoms with van der Waals surface area (Å²) in [4.78, 5) is 0.0850. The van der Waals surface area contributed by atoms with Gasteiger partial charge in [0, 0.05) is 19.6 Å². The first-order chi connectivity index (χ1) is 12.2. The molecule has 0 aromatic heterocycles. The largest absolute Gasteiger partial charge is 0.329 e. The third-order valence-corrected chi connectivity index (χ3v) is 7.34. The Morgan fingerprint density at radius 3 is 2.23 bits per heavy atom. The number of hydrogen-bond donors (Lipinski definition) is 2. The van der Waals surface area contributed by atoms with Crippen molar-refractivity contribution in [3.05, 3.63) is 59.7 Å². The molecule has 0 unspecified atom stereocenters. The molecule has 26 heavy (non-hydrogen) atoms. The van der Waals surface area contributed by atoms with Gasteiger partial charge in [0.05, 0.1) is 9.79 Å². The summed E-state index contributed by atoms with van der Waals surface area (Å²) >= 11 is 0. The lowest BCUT2D eigenvalue weighted by molar-refractivity contribution is 0.414. The van der Waals surface area contributed by atoms with E-state index in [1.54, 1.807) is 6.92 Å². The summed E-state index contributed by atoms with van der Waals surface area (Å²) in [6.45, 7) is 2.09. The van der Waals surface area contributed by atoms with Crippen molar-refractivity contribution in [1.82, 2.24) is 9.03 Å². The van der Waals surface area contributed by atoms with Crippen LogP contribution in [0.3, 0.4) is 0 Å². The van der Waals surface area contributed by atoms with Crippen molar-refractivity contribution < 1.29 is 16.8 Å². The maximum atomic E-state index is 13.0. The number of nitrogens with two attached hydrogens (primary N) is 1. The third kappa shape index (κ3) is 4.49. The summed E-state index contributed by atoms with van der Waals surface area (Å²) in [5.74, 6) is 0. The van der Waals surface area contributed by atoms with E-state index in [9.17, 15) is 16.8 Å². The molecule has 0 aliphatic carbocycles.